The molecule has 2 atom stereocenters. The van der Waals surface area contributed by atoms with Crippen LogP contribution in [-0.2, 0) is 6.18 Å². The average molecular weight is 238 g/mol. The molecule has 0 aliphatic rings. The van der Waals surface area contributed by atoms with Gasteiger partial charge in [-0.1, -0.05) is 13.8 Å². The molecule has 0 aliphatic carbocycles. The summed E-state index contributed by atoms with van der Waals surface area (Å²) in [5.74, 6) is 0.176. The Morgan fingerprint density at radius 1 is 1.47 bits per heavy atom. The standard InChI is InChI=1S/C9H13F3N2S/c1-5(3-13)6(2)7-4-14-8(15-7)9(10,11)12/h4-6H,3,13H2,1-2H3. The number of halogens is 3. The van der Waals surface area contributed by atoms with Crippen LogP contribution >= 0.6 is 11.3 Å². The summed E-state index contributed by atoms with van der Waals surface area (Å²) in [4.78, 5) is 4.02. The van der Waals surface area contributed by atoms with Gasteiger partial charge in [-0.05, 0) is 18.4 Å². The van der Waals surface area contributed by atoms with Crippen LogP contribution in [0, 0.1) is 5.92 Å². The lowest BCUT2D eigenvalue weighted by molar-refractivity contribution is -0.137. The number of hydrogen-bond acceptors (Lipinski definition) is 3. The summed E-state index contributed by atoms with van der Waals surface area (Å²) < 4.78 is 36.8. The molecule has 1 rings (SSSR count). The fourth-order valence-electron chi connectivity index (χ4n) is 1.11. The van der Waals surface area contributed by atoms with Crippen molar-refractivity contribution in [3.8, 4) is 0 Å². The first kappa shape index (κ1) is 12.4. The summed E-state index contributed by atoms with van der Waals surface area (Å²) in [5.41, 5.74) is 5.46. The van der Waals surface area contributed by atoms with Gasteiger partial charge in [0.2, 0.25) is 0 Å². The SMILES string of the molecule is CC(CN)C(C)c1cnc(C(F)(F)F)s1. The molecule has 6 heteroatoms. The molecule has 0 saturated heterocycles. The molecule has 2 N–H and O–H groups in total. The number of aromatic nitrogens is 1. The number of nitrogens with zero attached hydrogens (tertiary/aromatic N) is 1. The van der Waals surface area contributed by atoms with Crippen molar-refractivity contribution in [1.29, 1.82) is 0 Å². The molecule has 0 saturated carbocycles. The molecule has 15 heavy (non-hydrogen) atoms. The number of rotatable bonds is 3. The lowest BCUT2D eigenvalue weighted by atomic mass is 9.95. The normalized spacial score (nSPS) is 16.4. The molecule has 0 aromatic carbocycles. The monoisotopic (exact) mass is 238 g/mol. The summed E-state index contributed by atoms with van der Waals surface area (Å²) in [6.45, 7) is 4.24. The van der Waals surface area contributed by atoms with Crippen LogP contribution in [0.5, 0.6) is 0 Å². The van der Waals surface area contributed by atoms with Crippen LogP contribution in [0.25, 0.3) is 0 Å². The zero-order valence-electron chi connectivity index (χ0n) is 8.51. The average Bonchev–Trinajstić information content (AvgIpc) is 2.63. The van der Waals surface area contributed by atoms with Gasteiger partial charge in [0.25, 0.3) is 0 Å². The quantitative estimate of drug-likeness (QED) is 0.879. The number of nitrogens with two attached hydrogens (primary N) is 1. The van der Waals surface area contributed by atoms with E-state index < -0.39 is 11.2 Å². The topological polar surface area (TPSA) is 38.9 Å². The Hall–Kier alpha value is -0.620. The molecule has 2 nitrogen and oxygen atoms in total. The van der Waals surface area contributed by atoms with Crippen molar-refractivity contribution < 1.29 is 13.2 Å². The van der Waals surface area contributed by atoms with Gasteiger partial charge in [0.1, 0.15) is 0 Å². The molecule has 0 aliphatic heterocycles. The van der Waals surface area contributed by atoms with Gasteiger partial charge in [-0.25, -0.2) is 4.98 Å². The number of thiazole rings is 1. The van der Waals surface area contributed by atoms with Gasteiger partial charge in [0.15, 0.2) is 5.01 Å². The number of alkyl halides is 3. The van der Waals surface area contributed by atoms with E-state index in [2.05, 4.69) is 4.98 Å². The second-order valence-electron chi connectivity index (χ2n) is 3.57. The molecular formula is C9H13F3N2S. The van der Waals surface area contributed by atoms with Crippen molar-refractivity contribution in [3.63, 3.8) is 0 Å². The third kappa shape index (κ3) is 2.92. The van der Waals surface area contributed by atoms with Crippen LogP contribution in [0.4, 0.5) is 13.2 Å². The molecule has 0 spiro atoms. The molecule has 1 aromatic rings. The van der Waals surface area contributed by atoms with E-state index in [0.717, 1.165) is 0 Å². The van der Waals surface area contributed by atoms with Crippen LogP contribution < -0.4 is 5.73 Å². The predicted octanol–water partition coefficient (Wildman–Crippen LogP) is 2.86. The minimum atomic E-state index is -4.34. The lowest BCUT2D eigenvalue weighted by Crippen LogP contribution is -2.16. The molecule has 0 radical (unpaired) electrons. The zero-order valence-corrected chi connectivity index (χ0v) is 9.32. The Kier molecular flexibility index (Phi) is 3.72. The van der Waals surface area contributed by atoms with Crippen LogP contribution in [0.3, 0.4) is 0 Å². The van der Waals surface area contributed by atoms with Gasteiger partial charge >= 0.3 is 6.18 Å². The molecule has 1 aromatic heterocycles. The van der Waals surface area contributed by atoms with Gasteiger partial charge in [0, 0.05) is 11.1 Å². The Bertz CT molecular complexity index is 321. The van der Waals surface area contributed by atoms with Gasteiger partial charge in [-0.2, -0.15) is 13.2 Å². The van der Waals surface area contributed by atoms with Crippen molar-refractivity contribution in [3.05, 3.63) is 16.1 Å². The largest absolute Gasteiger partial charge is 0.443 e. The third-order valence-electron chi connectivity index (χ3n) is 2.44. The van der Waals surface area contributed by atoms with Crippen molar-refractivity contribution in [2.45, 2.75) is 25.9 Å². The van der Waals surface area contributed by atoms with E-state index in [0.29, 0.717) is 22.8 Å². The Morgan fingerprint density at radius 3 is 2.47 bits per heavy atom. The maximum absolute atomic E-state index is 12.3. The fourth-order valence-corrected chi connectivity index (χ4v) is 2.08. The van der Waals surface area contributed by atoms with E-state index in [1.54, 1.807) is 0 Å². The van der Waals surface area contributed by atoms with Crippen LogP contribution in [0.2, 0.25) is 0 Å². The van der Waals surface area contributed by atoms with E-state index in [1.807, 2.05) is 13.8 Å². The Labute approximate surface area is 90.3 Å². The number of hydrogen-bond donors (Lipinski definition) is 1. The van der Waals surface area contributed by atoms with E-state index in [4.69, 9.17) is 5.73 Å². The maximum atomic E-state index is 12.3. The highest BCUT2D eigenvalue weighted by molar-refractivity contribution is 7.11. The smallest absolute Gasteiger partial charge is 0.330 e. The Balaban J connectivity index is 2.85. The van der Waals surface area contributed by atoms with E-state index >= 15 is 0 Å². The lowest BCUT2D eigenvalue weighted by Gasteiger charge is -2.15. The predicted molar refractivity (Wildman–Crippen MR) is 53.7 cm³/mol. The molecular weight excluding hydrogens is 225 g/mol. The Morgan fingerprint density at radius 2 is 2.07 bits per heavy atom. The molecule has 86 valence electrons. The first-order valence-corrected chi connectivity index (χ1v) is 5.41. The summed E-state index contributed by atoms with van der Waals surface area (Å²) in [6.07, 6.45) is -3.04. The van der Waals surface area contributed by atoms with Crippen molar-refractivity contribution in [1.82, 2.24) is 4.98 Å². The van der Waals surface area contributed by atoms with E-state index in [-0.39, 0.29) is 11.8 Å². The van der Waals surface area contributed by atoms with E-state index in [1.165, 1.54) is 6.20 Å². The summed E-state index contributed by atoms with van der Waals surface area (Å²) >= 11 is 0.700. The molecule has 0 amide bonds. The second-order valence-corrected chi connectivity index (χ2v) is 4.63. The first-order valence-electron chi connectivity index (χ1n) is 4.59. The minimum absolute atomic E-state index is 0.0172. The summed E-state index contributed by atoms with van der Waals surface area (Å²) in [5, 5.41) is -0.784. The highest BCUT2D eigenvalue weighted by atomic mass is 32.1. The summed E-state index contributed by atoms with van der Waals surface area (Å²) in [7, 11) is 0. The van der Waals surface area contributed by atoms with Gasteiger partial charge in [-0.15, -0.1) is 11.3 Å². The molecule has 2 unspecified atom stereocenters. The van der Waals surface area contributed by atoms with Crippen molar-refractivity contribution in [2.75, 3.05) is 6.54 Å². The first-order chi connectivity index (χ1) is 6.86. The summed E-state index contributed by atoms with van der Waals surface area (Å²) in [6, 6.07) is 0. The van der Waals surface area contributed by atoms with Crippen LogP contribution in [-0.4, -0.2) is 11.5 Å². The van der Waals surface area contributed by atoms with Crippen molar-refractivity contribution in [2.24, 2.45) is 11.7 Å². The second kappa shape index (κ2) is 4.49. The fraction of sp³-hybridized carbons (Fsp3) is 0.667. The van der Waals surface area contributed by atoms with Crippen molar-refractivity contribution >= 4 is 11.3 Å². The molecule has 0 bridgehead atoms. The highest BCUT2D eigenvalue weighted by Crippen LogP contribution is 2.36. The molecule has 1 heterocycles. The minimum Gasteiger partial charge on any atom is -0.330 e. The van der Waals surface area contributed by atoms with Crippen LogP contribution in [0.1, 0.15) is 29.7 Å². The highest BCUT2D eigenvalue weighted by Gasteiger charge is 2.35. The van der Waals surface area contributed by atoms with Gasteiger partial charge in [0.05, 0.1) is 0 Å². The maximum Gasteiger partial charge on any atom is 0.443 e. The van der Waals surface area contributed by atoms with E-state index in [9.17, 15) is 13.2 Å². The third-order valence-corrected chi connectivity index (χ3v) is 3.68. The van der Waals surface area contributed by atoms with Crippen LogP contribution in [0.15, 0.2) is 6.20 Å². The van der Waals surface area contributed by atoms with Gasteiger partial charge < -0.3 is 5.73 Å². The zero-order chi connectivity index (χ0) is 11.6. The molecule has 0 fully saturated rings. The van der Waals surface area contributed by atoms with Gasteiger partial charge in [-0.3, -0.25) is 0 Å².